The average molecular weight is 521 g/mol. The maximum absolute atomic E-state index is 13.3. The third-order valence-electron chi connectivity index (χ3n) is 5.92. The molecule has 196 valence electrons. The van der Waals surface area contributed by atoms with E-state index in [1.807, 2.05) is 36.4 Å². The van der Waals surface area contributed by atoms with Crippen LogP contribution in [0.25, 0.3) is 28.0 Å². The first-order chi connectivity index (χ1) is 18.3. The molecule has 0 fully saturated rings. The Bertz CT molecular complexity index is 1430. The van der Waals surface area contributed by atoms with E-state index < -0.39 is 18.6 Å². The van der Waals surface area contributed by atoms with Crippen molar-refractivity contribution < 1.29 is 32.2 Å². The molecule has 0 aliphatic heterocycles. The van der Waals surface area contributed by atoms with Gasteiger partial charge in [-0.2, -0.15) is 13.2 Å². The number of rotatable bonds is 9. The SMILES string of the molecule is CCOC(=O)/C=C/c1ccc(Oc2c(-c3ccccc3)c(CCC(F)(F)F)cc3cc(OC)ccc23)cc1. The molecule has 4 aromatic rings. The summed E-state index contributed by atoms with van der Waals surface area (Å²) in [4.78, 5) is 11.6. The van der Waals surface area contributed by atoms with Crippen LogP contribution in [0, 0.1) is 0 Å². The maximum Gasteiger partial charge on any atom is 0.389 e. The lowest BCUT2D eigenvalue weighted by Gasteiger charge is -2.20. The van der Waals surface area contributed by atoms with Crippen molar-refractivity contribution in [2.75, 3.05) is 13.7 Å². The monoisotopic (exact) mass is 520 g/mol. The van der Waals surface area contributed by atoms with E-state index in [0.29, 0.717) is 40.4 Å². The highest BCUT2D eigenvalue weighted by atomic mass is 19.4. The zero-order valence-electron chi connectivity index (χ0n) is 21.0. The molecule has 4 nitrogen and oxygen atoms in total. The number of ether oxygens (including phenoxy) is 3. The number of aryl methyl sites for hydroxylation is 1. The van der Waals surface area contributed by atoms with E-state index >= 15 is 0 Å². The summed E-state index contributed by atoms with van der Waals surface area (Å²) in [5.41, 5.74) is 2.66. The molecule has 0 N–H and O–H groups in total. The third kappa shape index (κ3) is 6.73. The van der Waals surface area contributed by atoms with Gasteiger partial charge in [0.15, 0.2) is 0 Å². The Morgan fingerprint density at radius 3 is 2.29 bits per heavy atom. The average Bonchev–Trinajstić information content (AvgIpc) is 2.91. The summed E-state index contributed by atoms with van der Waals surface area (Å²) >= 11 is 0. The number of carbonyl (C=O) groups excluding carboxylic acids is 1. The minimum absolute atomic E-state index is 0.200. The van der Waals surface area contributed by atoms with Crippen LogP contribution < -0.4 is 9.47 Å². The van der Waals surface area contributed by atoms with Crippen molar-refractivity contribution in [3.05, 3.63) is 96.1 Å². The lowest BCUT2D eigenvalue weighted by atomic mass is 9.91. The lowest BCUT2D eigenvalue weighted by molar-refractivity contribution is -0.137. The Hall–Kier alpha value is -4.26. The van der Waals surface area contributed by atoms with Crippen molar-refractivity contribution in [1.29, 1.82) is 0 Å². The number of alkyl halides is 3. The molecule has 4 rings (SSSR count). The third-order valence-corrected chi connectivity index (χ3v) is 5.92. The van der Waals surface area contributed by atoms with Gasteiger partial charge >= 0.3 is 12.1 Å². The summed E-state index contributed by atoms with van der Waals surface area (Å²) < 4.78 is 56.5. The highest BCUT2D eigenvalue weighted by Gasteiger charge is 2.28. The molecule has 0 aromatic heterocycles. The summed E-state index contributed by atoms with van der Waals surface area (Å²) in [5.74, 6) is 1.12. The summed E-state index contributed by atoms with van der Waals surface area (Å²) in [5, 5.41) is 1.46. The smallest absolute Gasteiger partial charge is 0.389 e. The number of benzene rings is 4. The van der Waals surface area contributed by atoms with E-state index in [9.17, 15) is 18.0 Å². The molecule has 0 atom stereocenters. The van der Waals surface area contributed by atoms with Crippen LogP contribution in [-0.4, -0.2) is 25.9 Å². The van der Waals surface area contributed by atoms with Crippen molar-refractivity contribution in [1.82, 2.24) is 0 Å². The van der Waals surface area contributed by atoms with Gasteiger partial charge in [-0.1, -0.05) is 48.5 Å². The largest absolute Gasteiger partial charge is 0.497 e. The number of hydrogen-bond donors (Lipinski definition) is 0. The highest BCUT2D eigenvalue weighted by Crippen LogP contribution is 2.44. The predicted octanol–water partition coefficient (Wildman–Crippen LogP) is 8.38. The minimum atomic E-state index is -4.30. The molecule has 0 heterocycles. The van der Waals surface area contributed by atoms with Crippen molar-refractivity contribution in [3.63, 3.8) is 0 Å². The van der Waals surface area contributed by atoms with Gasteiger partial charge in [0.1, 0.15) is 17.2 Å². The van der Waals surface area contributed by atoms with E-state index in [2.05, 4.69) is 0 Å². The van der Waals surface area contributed by atoms with Gasteiger partial charge in [0, 0.05) is 23.4 Å². The van der Waals surface area contributed by atoms with Crippen LogP contribution in [0.15, 0.2) is 84.9 Å². The molecule has 4 aromatic carbocycles. The molecular weight excluding hydrogens is 493 g/mol. The van der Waals surface area contributed by atoms with E-state index in [1.54, 1.807) is 62.6 Å². The molecule has 0 unspecified atom stereocenters. The van der Waals surface area contributed by atoms with Crippen molar-refractivity contribution in [2.24, 2.45) is 0 Å². The fourth-order valence-electron chi connectivity index (χ4n) is 4.15. The second kappa shape index (κ2) is 11.9. The molecule has 0 amide bonds. The molecular formula is C31H27F3O4. The minimum Gasteiger partial charge on any atom is -0.497 e. The van der Waals surface area contributed by atoms with Crippen LogP contribution in [0.2, 0.25) is 0 Å². The first-order valence-corrected chi connectivity index (χ1v) is 12.2. The van der Waals surface area contributed by atoms with Gasteiger partial charge in [0.05, 0.1) is 13.7 Å². The zero-order chi connectivity index (χ0) is 27.1. The summed E-state index contributed by atoms with van der Waals surface area (Å²) in [6.07, 6.45) is -2.47. The number of halogens is 3. The first-order valence-electron chi connectivity index (χ1n) is 12.2. The number of esters is 1. The molecule has 0 aliphatic carbocycles. The standard InChI is InChI=1S/C31H27F3O4/c1-3-37-28(35)16-11-21-9-12-25(13-10-21)38-30-27-15-14-26(36-2)20-24(27)19-23(17-18-31(32,33)34)29(30)22-7-5-4-6-8-22/h4-16,19-20H,3,17-18H2,1-2H3/b16-11+. The van der Waals surface area contributed by atoms with E-state index in [4.69, 9.17) is 14.2 Å². The molecule has 0 bridgehead atoms. The Labute approximate surface area is 219 Å². The summed E-state index contributed by atoms with van der Waals surface area (Å²) in [7, 11) is 1.54. The fraction of sp³-hybridized carbons (Fsp3) is 0.194. The van der Waals surface area contributed by atoms with E-state index in [0.717, 1.165) is 16.5 Å². The Morgan fingerprint density at radius 2 is 1.63 bits per heavy atom. The Kier molecular flexibility index (Phi) is 8.36. The van der Waals surface area contributed by atoms with Gasteiger partial charge in [-0.25, -0.2) is 4.79 Å². The van der Waals surface area contributed by atoms with Gasteiger partial charge in [0.2, 0.25) is 0 Å². The molecule has 0 saturated carbocycles. The maximum atomic E-state index is 13.3. The molecule has 0 saturated heterocycles. The first kappa shape index (κ1) is 26.8. The predicted molar refractivity (Wildman–Crippen MR) is 142 cm³/mol. The summed E-state index contributed by atoms with van der Waals surface area (Å²) in [6.45, 7) is 2.03. The van der Waals surface area contributed by atoms with Crippen LogP contribution in [0.4, 0.5) is 13.2 Å². The molecule has 0 spiro atoms. The van der Waals surface area contributed by atoms with Crippen LogP contribution in [-0.2, 0) is 16.0 Å². The van der Waals surface area contributed by atoms with E-state index in [1.165, 1.54) is 6.08 Å². The molecule has 7 heteroatoms. The number of hydrogen-bond acceptors (Lipinski definition) is 4. The normalized spacial score (nSPS) is 11.6. The molecule has 0 aliphatic rings. The number of fused-ring (bicyclic) bond motifs is 1. The molecule has 0 radical (unpaired) electrons. The van der Waals surface area contributed by atoms with Crippen LogP contribution in [0.1, 0.15) is 24.5 Å². The van der Waals surface area contributed by atoms with Crippen molar-refractivity contribution in [3.8, 4) is 28.4 Å². The highest BCUT2D eigenvalue weighted by molar-refractivity contribution is 5.98. The van der Waals surface area contributed by atoms with Gasteiger partial charge in [-0.3, -0.25) is 0 Å². The fourth-order valence-corrected chi connectivity index (χ4v) is 4.15. The summed E-state index contributed by atoms with van der Waals surface area (Å²) in [6, 6.07) is 23.5. The number of carbonyl (C=O) groups is 1. The quantitative estimate of drug-likeness (QED) is 0.164. The van der Waals surface area contributed by atoms with Crippen molar-refractivity contribution in [2.45, 2.75) is 25.9 Å². The zero-order valence-corrected chi connectivity index (χ0v) is 21.0. The van der Waals surface area contributed by atoms with Crippen LogP contribution in [0.3, 0.4) is 0 Å². The van der Waals surface area contributed by atoms with Gasteiger partial charge in [-0.15, -0.1) is 0 Å². The van der Waals surface area contributed by atoms with Crippen molar-refractivity contribution >= 4 is 22.8 Å². The van der Waals surface area contributed by atoms with Gasteiger partial charge in [-0.05, 0) is 71.8 Å². The van der Waals surface area contributed by atoms with E-state index in [-0.39, 0.29) is 6.42 Å². The number of methoxy groups -OCH3 is 1. The lowest BCUT2D eigenvalue weighted by Crippen LogP contribution is -2.09. The Balaban J connectivity index is 1.82. The Morgan fingerprint density at radius 1 is 0.921 bits per heavy atom. The molecule has 38 heavy (non-hydrogen) atoms. The van der Waals surface area contributed by atoms with Crippen LogP contribution in [0.5, 0.6) is 17.2 Å². The topological polar surface area (TPSA) is 44.8 Å². The second-order valence-corrected chi connectivity index (χ2v) is 8.56. The van der Waals surface area contributed by atoms with Crippen LogP contribution >= 0.6 is 0 Å². The van der Waals surface area contributed by atoms with Gasteiger partial charge in [0.25, 0.3) is 0 Å². The second-order valence-electron chi connectivity index (χ2n) is 8.56. The van der Waals surface area contributed by atoms with Gasteiger partial charge < -0.3 is 14.2 Å².